The van der Waals surface area contributed by atoms with Crippen molar-refractivity contribution in [1.82, 2.24) is 14.5 Å². The van der Waals surface area contributed by atoms with Crippen molar-refractivity contribution in [3.8, 4) is 17.2 Å². The molecule has 7 heteroatoms. The van der Waals surface area contributed by atoms with Crippen molar-refractivity contribution in [2.24, 2.45) is 0 Å². The van der Waals surface area contributed by atoms with Crippen LogP contribution < -0.4 is 0 Å². The number of furan rings is 1. The van der Waals surface area contributed by atoms with Gasteiger partial charge in [-0.15, -0.1) is 34.0 Å². The monoisotopic (exact) mass is 753 g/mol. The number of rotatable bonds is 2. The van der Waals surface area contributed by atoms with Gasteiger partial charge in [0.15, 0.2) is 0 Å². The van der Waals surface area contributed by atoms with Crippen LogP contribution in [0.15, 0.2) is 144 Å². The van der Waals surface area contributed by atoms with Gasteiger partial charge < -0.3 is 4.42 Å². The van der Waals surface area contributed by atoms with Crippen molar-refractivity contribution in [3.05, 3.63) is 140 Å². The van der Waals surface area contributed by atoms with Crippen LogP contribution in [0.5, 0.6) is 0 Å². The number of fused-ring (bicyclic) bond motifs is 14. The van der Waals surface area contributed by atoms with Gasteiger partial charge in [-0.2, -0.15) is 0 Å². The molecule has 0 atom stereocenters. The largest absolute Gasteiger partial charge is 0.456 e. The second kappa shape index (κ2) is 10.2. The molecular formula is C48H23N3OS3. The molecule has 0 N–H and O–H groups in total. The van der Waals surface area contributed by atoms with Gasteiger partial charge >= 0.3 is 0 Å². The van der Waals surface area contributed by atoms with Crippen molar-refractivity contribution in [1.29, 1.82) is 0 Å². The highest BCUT2D eigenvalue weighted by molar-refractivity contribution is 7.27. The van der Waals surface area contributed by atoms with Crippen LogP contribution in [-0.2, 0) is 0 Å². The molecule has 8 aromatic carbocycles. The zero-order chi connectivity index (χ0) is 35.5. The summed E-state index contributed by atoms with van der Waals surface area (Å²) in [7, 11) is 0. The lowest BCUT2D eigenvalue weighted by molar-refractivity contribution is 0.669. The Balaban J connectivity index is 1.17. The van der Waals surface area contributed by atoms with Crippen LogP contribution in [-0.4, -0.2) is 14.5 Å². The Kier molecular flexibility index (Phi) is 5.40. The Morgan fingerprint density at radius 2 is 0.982 bits per heavy atom. The average molecular weight is 754 g/mol. The summed E-state index contributed by atoms with van der Waals surface area (Å²) in [5.41, 5.74) is 7.00. The Bertz CT molecular complexity index is 3830. The van der Waals surface area contributed by atoms with Gasteiger partial charge in [0.05, 0.1) is 26.9 Å². The highest BCUT2D eigenvalue weighted by atomic mass is 32.1. The van der Waals surface area contributed by atoms with Gasteiger partial charge in [0.2, 0.25) is 5.95 Å². The van der Waals surface area contributed by atoms with Gasteiger partial charge in [0.25, 0.3) is 0 Å². The number of aromatic nitrogens is 3. The minimum absolute atomic E-state index is 0.683. The molecule has 4 nitrogen and oxygen atoms in total. The molecule has 0 fully saturated rings. The van der Waals surface area contributed by atoms with Crippen molar-refractivity contribution in [2.75, 3.05) is 0 Å². The Morgan fingerprint density at radius 1 is 0.418 bits per heavy atom. The van der Waals surface area contributed by atoms with E-state index in [4.69, 9.17) is 14.4 Å². The lowest BCUT2D eigenvalue weighted by atomic mass is 9.96. The normalized spacial score (nSPS) is 12.7. The first-order chi connectivity index (χ1) is 27.2. The number of thiophene rings is 3. The molecule has 6 heterocycles. The summed E-state index contributed by atoms with van der Waals surface area (Å²) in [4.78, 5) is 11.2. The van der Waals surface area contributed by atoms with Crippen LogP contribution >= 0.6 is 34.0 Å². The summed E-state index contributed by atoms with van der Waals surface area (Å²) in [6, 6.07) is 50.6. The fraction of sp³-hybridized carbons (Fsp3) is 0. The zero-order valence-electron chi connectivity index (χ0n) is 28.8. The van der Waals surface area contributed by atoms with E-state index in [0.29, 0.717) is 5.95 Å². The molecule has 14 aromatic rings. The Morgan fingerprint density at radius 3 is 1.65 bits per heavy atom. The lowest BCUT2D eigenvalue weighted by Crippen LogP contribution is -2.02. The quantitative estimate of drug-likeness (QED) is 0.165. The van der Waals surface area contributed by atoms with Crippen LogP contribution in [0.4, 0.5) is 0 Å². The predicted octanol–water partition coefficient (Wildman–Crippen LogP) is 14.8. The van der Waals surface area contributed by atoms with Crippen molar-refractivity contribution < 1.29 is 4.42 Å². The summed E-state index contributed by atoms with van der Waals surface area (Å²) < 4.78 is 16.1. The summed E-state index contributed by atoms with van der Waals surface area (Å²) in [6.45, 7) is 0. The standard InChI is InChI=1S/C48H23N3OS3/c1-5-13-34-25(9-1)31-21-24(17-20-35(31)52-34)45-47-46(28-12-4-8-16-38(28)55-47)50-48(49-45)51-32-22-39-41(26-10-2-6-14-36(26)53-39)29-18-19-30-42-27-11-3-7-15-37(27)54-40(42)23-33(51)44(30)43(29)32/h1-23H. The van der Waals surface area contributed by atoms with E-state index in [-0.39, 0.29) is 0 Å². The molecule has 0 saturated heterocycles. The van der Waals surface area contributed by atoms with Gasteiger partial charge in [-0.3, -0.25) is 4.57 Å². The fourth-order valence-electron chi connectivity index (χ4n) is 9.28. The van der Waals surface area contributed by atoms with Gasteiger partial charge in [-0.25, -0.2) is 9.97 Å². The highest BCUT2D eigenvalue weighted by Crippen LogP contribution is 2.50. The van der Waals surface area contributed by atoms with E-state index in [9.17, 15) is 0 Å². The van der Waals surface area contributed by atoms with Gasteiger partial charge in [0.1, 0.15) is 11.2 Å². The topological polar surface area (TPSA) is 43.9 Å². The van der Waals surface area contributed by atoms with E-state index < -0.39 is 0 Å². The number of benzene rings is 8. The molecule has 0 aliphatic heterocycles. The highest BCUT2D eigenvalue weighted by Gasteiger charge is 2.26. The first-order valence-electron chi connectivity index (χ1n) is 18.3. The van der Waals surface area contributed by atoms with Gasteiger partial charge in [-0.1, -0.05) is 84.9 Å². The van der Waals surface area contributed by atoms with Crippen molar-refractivity contribution in [2.45, 2.75) is 0 Å². The van der Waals surface area contributed by atoms with Crippen molar-refractivity contribution >= 4 is 149 Å². The summed E-state index contributed by atoms with van der Waals surface area (Å²) in [5, 5.41) is 13.7. The number of para-hydroxylation sites is 1. The number of hydrogen-bond acceptors (Lipinski definition) is 6. The van der Waals surface area contributed by atoms with E-state index in [0.717, 1.165) is 59.8 Å². The van der Waals surface area contributed by atoms with Crippen LogP contribution in [0.25, 0.3) is 132 Å². The third-order valence-electron chi connectivity index (χ3n) is 11.6. The second-order valence-corrected chi connectivity index (χ2v) is 17.7. The molecule has 0 radical (unpaired) electrons. The van der Waals surface area contributed by atoms with Gasteiger partial charge in [-0.05, 0) is 65.4 Å². The van der Waals surface area contributed by atoms with E-state index in [1.54, 1.807) is 11.3 Å². The van der Waals surface area contributed by atoms with Crippen molar-refractivity contribution in [3.63, 3.8) is 0 Å². The number of nitrogens with zero attached hydrogens (tertiary/aromatic N) is 3. The third kappa shape index (κ3) is 3.70. The van der Waals surface area contributed by atoms with E-state index >= 15 is 0 Å². The molecule has 6 aromatic heterocycles. The SMILES string of the molecule is c1ccc2c(c1)oc1ccc(-c3nc(-n4c5cc6sc7ccccc7c6c6ccc7c8c(cc4c7c65)sc4ccccc48)nc4c3sc3ccccc34)cc12. The Labute approximate surface area is 323 Å². The first-order valence-corrected chi connectivity index (χ1v) is 20.8. The zero-order valence-corrected chi connectivity index (χ0v) is 31.2. The maximum absolute atomic E-state index is 6.26. The predicted molar refractivity (Wildman–Crippen MR) is 236 cm³/mol. The van der Waals surface area contributed by atoms with Crippen LogP contribution in [0.1, 0.15) is 0 Å². The molecule has 0 spiro atoms. The molecule has 0 aliphatic carbocycles. The molecule has 0 bridgehead atoms. The molecule has 0 amide bonds. The van der Waals surface area contributed by atoms with E-state index in [2.05, 4.69) is 132 Å². The maximum atomic E-state index is 6.26. The third-order valence-corrected chi connectivity index (χ3v) is 15.0. The molecule has 254 valence electrons. The first kappa shape index (κ1) is 29.0. The molecule has 0 aliphatic rings. The average Bonchev–Trinajstić information content (AvgIpc) is 4.04. The molecular weight excluding hydrogens is 731 g/mol. The van der Waals surface area contributed by atoms with Crippen LogP contribution in [0, 0.1) is 0 Å². The molecule has 55 heavy (non-hydrogen) atoms. The second-order valence-electron chi connectivity index (χ2n) is 14.4. The minimum Gasteiger partial charge on any atom is -0.456 e. The smallest absolute Gasteiger partial charge is 0.235 e. The summed E-state index contributed by atoms with van der Waals surface area (Å²) in [5.74, 6) is 0.683. The van der Waals surface area contributed by atoms with Crippen LogP contribution in [0.2, 0.25) is 0 Å². The summed E-state index contributed by atoms with van der Waals surface area (Å²) in [6.07, 6.45) is 0. The minimum atomic E-state index is 0.683. The maximum Gasteiger partial charge on any atom is 0.235 e. The van der Waals surface area contributed by atoms with E-state index in [1.165, 1.54) is 66.6 Å². The lowest BCUT2D eigenvalue weighted by Gasteiger charge is -2.10. The van der Waals surface area contributed by atoms with Crippen LogP contribution in [0.3, 0.4) is 0 Å². The summed E-state index contributed by atoms with van der Waals surface area (Å²) >= 11 is 5.49. The fourth-order valence-corrected chi connectivity index (χ4v) is 12.7. The number of hydrogen-bond donors (Lipinski definition) is 0. The molecule has 0 saturated carbocycles. The molecule has 14 rings (SSSR count). The Hall–Kier alpha value is -6.38. The molecule has 0 unspecified atom stereocenters. The van der Waals surface area contributed by atoms with E-state index in [1.807, 2.05) is 34.8 Å². The van der Waals surface area contributed by atoms with Gasteiger partial charge in [0, 0.05) is 77.5 Å².